The van der Waals surface area contributed by atoms with Crippen LogP contribution in [0.15, 0.2) is 84.9 Å². The van der Waals surface area contributed by atoms with Gasteiger partial charge in [0, 0.05) is 34.6 Å². The van der Waals surface area contributed by atoms with E-state index in [1.54, 1.807) is 0 Å². The maximum absolute atomic E-state index is 13.3. The molecular formula is C44H46N8O18. The number of carboxylic acids is 4. The van der Waals surface area contributed by atoms with E-state index in [-0.39, 0.29) is 96.8 Å². The second-order valence-electron chi connectivity index (χ2n) is 14.2. The number of carboxylic acid groups (broad SMARTS) is 4. The first kappa shape index (κ1) is 53.3. The highest BCUT2D eigenvalue weighted by Crippen LogP contribution is 2.27. The van der Waals surface area contributed by atoms with Gasteiger partial charge in [-0.05, 0) is 72.8 Å². The van der Waals surface area contributed by atoms with Gasteiger partial charge in [0.25, 0.3) is 11.8 Å². The molecule has 2 amide bonds. The maximum Gasteiger partial charge on any atom is 0.343 e. The standard InChI is InChI=1S/C44H46N8O18/c45-43(46)49-29-5-1-25(2-6-29)41(63)69-33-17-27(39(61)51(21-35(53)54)22-36(55)56)15-31(19-33)67-13-11-65-9-10-66-12-14-68-32-16-28(40(62)52(23-37(57)58)24-38(59)60)18-34(20-32)70-42(64)26-3-7-30(8-4-26)50-44(47)48/h1-8,15-20H,9-14,21-24H2,(H,53,54)(H,55,56)(H,57,58)(H,59,60)(H4,45,46,49)(H4,47,48,50). The number of nitrogens with two attached hydrogens (primary N) is 2. The average Bonchev–Trinajstić information content (AvgIpc) is 3.28. The number of carbonyl (C=O) groups is 8. The van der Waals surface area contributed by atoms with Crippen molar-refractivity contribution in [1.29, 1.82) is 10.8 Å². The number of anilines is 2. The highest BCUT2D eigenvalue weighted by molar-refractivity contribution is 6.00. The van der Waals surface area contributed by atoms with Gasteiger partial charge in [-0.2, -0.15) is 0 Å². The third kappa shape index (κ3) is 18.2. The van der Waals surface area contributed by atoms with Gasteiger partial charge in [-0.1, -0.05) is 0 Å². The highest BCUT2D eigenvalue weighted by atomic mass is 16.6. The molecule has 0 aliphatic rings. The number of hydrogen-bond acceptors (Lipinski definition) is 16. The van der Waals surface area contributed by atoms with Crippen molar-refractivity contribution < 1.29 is 87.2 Å². The van der Waals surface area contributed by atoms with Crippen LogP contribution in [0.1, 0.15) is 41.4 Å². The molecule has 0 fully saturated rings. The van der Waals surface area contributed by atoms with E-state index >= 15 is 0 Å². The van der Waals surface area contributed by atoms with Gasteiger partial charge < -0.3 is 80.7 Å². The zero-order valence-electron chi connectivity index (χ0n) is 36.7. The first-order valence-electron chi connectivity index (χ1n) is 20.3. The first-order valence-corrected chi connectivity index (χ1v) is 20.3. The highest BCUT2D eigenvalue weighted by Gasteiger charge is 2.25. The number of ether oxygens (including phenoxy) is 6. The molecule has 70 heavy (non-hydrogen) atoms. The molecule has 0 aromatic heterocycles. The molecule has 4 aromatic carbocycles. The summed E-state index contributed by atoms with van der Waals surface area (Å²) in [5.74, 6) is -10.8. The Labute approximate surface area is 396 Å². The Hall–Kier alpha value is -9.30. The SMILES string of the molecule is N=C(N)Nc1ccc(C(=O)Oc2cc(OCCOCCOCCOc3cc(OC(=O)c4ccc(NC(=N)N)cc4)cc(C(=O)N(CC(=O)O)CC(=O)O)c3)cc(C(=O)N(CC(=O)O)CC(=O)O)c2)cc1. The molecule has 0 saturated carbocycles. The minimum Gasteiger partial charge on any atom is -0.491 e. The molecule has 0 atom stereocenters. The fourth-order valence-electron chi connectivity index (χ4n) is 5.87. The number of benzene rings is 4. The van der Waals surface area contributed by atoms with Crippen molar-refractivity contribution in [3.8, 4) is 23.0 Å². The summed E-state index contributed by atoms with van der Waals surface area (Å²) in [6.45, 7) is -4.09. The summed E-state index contributed by atoms with van der Waals surface area (Å²) in [6.07, 6.45) is 0. The van der Waals surface area contributed by atoms with E-state index in [9.17, 15) is 58.8 Å². The summed E-state index contributed by atoms with van der Waals surface area (Å²) in [5.41, 5.74) is 11.1. The van der Waals surface area contributed by atoms with Crippen molar-refractivity contribution in [2.75, 3.05) is 76.5 Å². The molecule has 4 rings (SSSR count). The minimum absolute atomic E-state index is 0.0314. The molecule has 0 radical (unpaired) electrons. The zero-order valence-corrected chi connectivity index (χ0v) is 36.7. The quantitative estimate of drug-likeness (QED) is 0.0133. The van der Waals surface area contributed by atoms with E-state index in [1.165, 1.54) is 72.8 Å². The largest absolute Gasteiger partial charge is 0.491 e. The molecule has 0 bridgehead atoms. The Morgan fingerprint density at radius 2 is 0.743 bits per heavy atom. The third-order valence-corrected chi connectivity index (χ3v) is 8.72. The second kappa shape index (κ2) is 26.1. The number of rotatable bonds is 27. The van der Waals surface area contributed by atoms with E-state index in [1.807, 2.05) is 0 Å². The number of hydrogen-bond donors (Lipinski definition) is 10. The fraction of sp³-hybridized carbons (Fsp3) is 0.227. The van der Waals surface area contributed by atoms with Crippen molar-refractivity contribution in [1.82, 2.24) is 9.80 Å². The Balaban J connectivity index is 1.35. The van der Waals surface area contributed by atoms with E-state index in [4.69, 9.17) is 50.7 Å². The predicted molar refractivity (Wildman–Crippen MR) is 242 cm³/mol. The number of amides is 2. The van der Waals surface area contributed by atoms with Crippen LogP contribution in [0.25, 0.3) is 0 Å². The van der Waals surface area contributed by atoms with Crippen LogP contribution in [-0.2, 0) is 28.7 Å². The van der Waals surface area contributed by atoms with Crippen LogP contribution in [0.5, 0.6) is 23.0 Å². The molecule has 0 aliphatic carbocycles. The number of carbonyl (C=O) groups excluding carboxylic acids is 4. The van der Waals surface area contributed by atoms with E-state index < -0.39 is 73.8 Å². The van der Waals surface area contributed by atoms with Gasteiger partial charge in [0.2, 0.25) is 0 Å². The van der Waals surface area contributed by atoms with Gasteiger partial charge in [-0.25, -0.2) is 9.59 Å². The Morgan fingerprint density at radius 1 is 0.443 bits per heavy atom. The zero-order chi connectivity index (χ0) is 51.3. The van der Waals surface area contributed by atoms with Gasteiger partial charge in [0.05, 0.1) is 37.6 Å². The van der Waals surface area contributed by atoms with Crippen LogP contribution >= 0.6 is 0 Å². The topological polar surface area (TPSA) is 403 Å². The molecule has 0 aliphatic heterocycles. The van der Waals surface area contributed by atoms with Crippen LogP contribution < -0.4 is 41.0 Å². The Bertz CT molecular complexity index is 2380. The number of nitrogens with zero attached hydrogens (tertiary/aromatic N) is 2. The predicted octanol–water partition coefficient (Wildman–Crippen LogP) is 1.45. The molecule has 370 valence electrons. The summed E-state index contributed by atoms with van der Waals surface area (Å²) >= 11 is 0. The smallest absolute Gasteiger partial charge is 0.343 e. The number of aliphatic carboxylic acids is 4. The monoisotopic (exact) mass is 974 g/mol. The van der Waals surface area contributed by atoms with Gasteiger partial charge >= 0.3 is 35.8 Å². The molecule has 26 heteroatoms. The third-order valence-electron chi connectivity index (χ3n) is 8.72. The first-order chi connectivity index (χ1) is 33.3. The normalized spacial score (nSPS) is 10.5. The van der Waals surface area contributed by atoms with E-state index in [2.05, 4.69) is 10.6 Å². The summed E-state index contributed by atoms with van der Waals surface area (Å²) in [5, 5.41) is 56.9. The van der Waals surface area contributed by atoms with Crippen LogP contribution in [-0.4, -0.2) is 156 Å². The summed E-state index contributed by atoms with van der Waals surface area (Å²) in [4.78, 5) is 99.4. The van der Waals surface area contributed by atoms with Crippen molar-refractivity contribution in [2.24, 2.45) is 11.5 Å². The summed E-state index contributed by atoms with van der Waals surface area (Å²) in [6, 6.07) is 18.5. The Kier molecular flexibility index (Phi) is 19.9. The van der Waals surface area contributed by atoms with Crippen molar-refractivity contribution in [3.05, 3.63) is 107 Å². The molecule has 0 spiro atoms. The molecule has 26 nitrogen and oxygen atoms in total. The summed E-state index contributed by atoms with van der Waals surface area (Å²) < 4.78 is 33.4. The lowest BCUT2D eigenvalue weighted by Gasteiger charge is -2.19. The summed E-state index contributed by atoms with van der Waals surface area (Å²) in [7, 11) is 0. The van der Waals surface area contributed by atoms with Gasteiger partial charge in [0.1, 0.15) is 62.4 Å². The molecule has 0 unspecified atom stereocenters. The second-order valence-corrected chi connectivity index (χ2v) is 14.2. The van der Waals surface area contributed by atoms with Crippen molar-refractivity contribution in [3.63, 3.8) is 0 Å². The molecular weight excluding hydrogens is 929 g/mol. The van der Waals surface area contributed by atoms with Crippen LogP contribution in [0, 0.1) is 10.8 Å². The molecule has 12 N–H and O–H groups in total. The lowest BCUT2D eigenvalue weighted by atomic mass is 10.1. The van der Waals surface area contributed by atoms with Crippen molar-refractivity contribution in [2.45, 2.75) is 0 Å². The van der Waals surface area contributed by atoms with Gasteiger partial charge in [-0.3, -0.25) is 39.6 Å². The van der Waals surface area contributed by atoms with Gasteiger partial charge in [-0.15, -0.1) is 0 Å². The minimum atomic E-state index is -1.48. The molecule has 0 saturated heterocycles. The van der Waals surface area contributed by atoms with Crippen molar-refractivity contribution >= 4 is 70.9 Å². The maximum atomic E-state index is 13.3. The van der Waals surface area contributed by atoms with E-state index in [0.717, 1.165) is 12.1 Å². The number of nitrogens with one attached hydrogen (secondary N) is 4. The van der Waals surface area contributed by atoms with Gasteiger partial charge in [0.15, 0.2) is 11.9 Å². The van der Waals surface area contributed by atoms with Crippen LogP contribution in [0.3, 0.4) is 0 Å². The number of guanidine groups is 2. The van der Waals surface area contributed by atoms with Crippen LogP contribution in [0.2, 0.25) is 0 Å². The number of esters is 2. The average molecular weight is 975 g/mol. The molecule has 0 heterocycles. The Morgan fingerprint density at radius 3 is 1.04 bits per heavy atom. The van der Waals surface area contributed by atoms with E-state index in [0.29, 0.717) is 21.2 Å². The van der Waals surface area contributed by atoms with Crippen LogP contribution in [0.4, 0.5) is 11.4 Å². The lowest BCUT2D eigenvalue weighted by molar-refractivity contribution is -0.142. The fourth-order valence-corrected chi connectivity index (χ4v) is 5.87. The lowest BCUT2D eigenvalue weighted by Crippen LogP contribution is -2.39. The molecule has 4 aromatic rings.